The lowest BCUT2D eigenvalue weighted by atomic mass is 10.0. The summed E-state index contributed by atoms with van der Waals surface area (Å²) in [5.74, 6) is -0.0359. The molecule has 1 aromatic carbocycles. The lowest BCUT2D eigenvalue weighted by molar-refractivity contribution is -0.125. The number of carbonyl (C=O) groups excluding carboxylic acids is 3. The Labute approximate surface area is 188 Å². The van der Waals surface area contributed by atoms with Gasteiger partial charge in [-0.05, 0) is 56.1 Å². The molecule has 3 amide bonds. The fourth-order valence-corrected chi connectivity index (χ4v) is 3.90. The first kappa shape index (κ1) is 23.5. The smallest absolute Gasteiger partial charge is 0.287 e. The highest BCUT2D eigenvalue weighted by atomic mass is 16.4. The molecule has 1 aliphatic heterocycles. The highest BCUT2D eigenvalue weighted by Gasteiger charge is 2.27. The minimum absolute atomic E-state index is 0.0446. The van der Waals surface area contributed by atoms with Gasteiger partial charge in [-0.2, -0.15) is 0 Å². The Morgan fingerprint density at radius 3 is 2.62 bits per heavy atom. The molecule has 1 aliphatic rings. The van der Waals surface area contributed by atoms with E-state index in [-0.39, 0.29) is 29.5 Å². The number of benzene rings is 1. The minimum atomic E-state index is -0.646. The number of nitrogens with one attached hydrogen (secondary N) is 3. The molecule has 32 heavy (non-hydrogen) atoms. The Balaban J connectivity index is 1.65. The Hall–Kier alpha value is -3.13. The van der Waals surface area contributed by atoms with Gasteiger partial charge in [0.05, 0.1) is 6.04 Å². The fraction of sp³-hybridized carbons (Fsp3) is 0.458. The first-order valence-electron chi connectivity index (χ1n) is 11.0. The zero-order valence-electron chi connectivity index (χ0n) is 19.1. The van der Waals surface area contributed by atoms with E-state index in [0.29, 0.717) is 12.3 Å². The van der Waals surface area contributed by atoms with Gasteiger partial charge in [0, 0.05) is 19.2 Å². The summed E-state index contributed by atoms with van der Waals surface area (Å²) >= 11 is 0. The number of rotatable bonds is 8. The minimum Gasteiger partial charge on any atom is -0.451 e. The van der Waals surface area contributed by atoms with E-state index in [1.165, 1.54) is 7.05 Å². The van der Waals surface area contributed by atoms with E-state index in [2.05, 4.69) is 20.9 Å². The topological polar surface area (TPSA) is 104 Å². The van der Waals surface area contributed by atoms with Gasteiger partial charge in [-0.1, -0.05) is 32.0 Å². The largest absolute Gasteiger partial charge is 0.451 e. The summed E-state index contributed by atoms with van der Waals surface area (Å²) in [6, 6.07) is 10.3. The number of carbonyl (C=O) groups is 3. The van der Waals surface area contributed by atoms with Crippen molar-refractivity contribution in [3.05, 3.63) is 47.7 Å². The molecule has 1 fully saturated rings. The van der Waals surface area contributed by atoms with Crippen LogP contribution in [0.2, 0.25) is 0 Å². The molecule has 3 N–H and O–H groups in total. The van der Waals surface area contributed by atoms with Crippen LogP contribution >= 0.6 is 0 Å². The summed E-state index contributed by atoms with van der Waals surface area (Å²) in [6.07, 6.45) is 1.93. The summed E-state index contributed by atoms with van der Waals surface area (Å²) in [5, 5.41) is 8.30. The molecular weight excluding hydrogens is 408 g/mol. The summed E-state index contributed by atoms with van der Waals surface area (Å²) in [7, 11) is 3.51. The van der Waals surface area contributed by atoms with Crippen molar-refractivity contribution < 1.29 is 18.8 Å². The Bertz CT molecular complexity index is 968. The van der Waals surface area contributed by atoms with E-state index in [0.717, 1.165) is 30.5 Å². The van der Waals surface area contributed by atoms with E-state index >= 15 is 0 Å². The molecule has 0 radical (unpaired) electrons. The first-order valence-corrected chi connectivity index (χ1v) is 11.0. The quantitative estimate of drug-likeness (QED) is 0.584. The molecule has 0 aliphatic carbocycles. The van der Waals surface area contributed by atoms with Crippen molar-refractivity contribution in [2.75, 3.05) is 20.6 Å². The molecule has 2 heterocycles. The number of likely N-dealkylation sites (N-methyl/N-ethyl adjacent to an activating group) is 2. The molecule has 1 saturated heterocycles. The van der Waals surface area contributed by atoms with Crippen molar-refractivity contribution in [1.82, 2.24) is 20.9 Å². The normalized spacial score (nSPS) is 17.2. The summed E-state index contributed by atoms with van der Waals surface area (Å²) < 4.78 is 5.76. The average Bonchev–Trinajstić information content (AvgIpc) is 3.44. The highest BCUT2D eigenvalue weighted by molar-refractivity contribution is 5.96. The Morgan fingerprint density at radius 2 is 1.97 bits per heavy atom. The van der Waals surface area contributed by atoms with E-state index in [4.69, 9.17) is 4.42 Å². The maximum atomic E-state index is 12.6. The van der Waals surface area contributed by atoms with Crippen molar-refractivity contribution in [2.24, 2.45) is 5.92 Å². The maximum absolute atomic E-state index is 12.6. The molecule has 8 nitrogen and oxygen atoms in total. The Kier molecular flexibility index (Phi) is 7.69. The number of nitrogens with zero attached hydrogens (tertiary/aromatic N) is 1. The van der Waals surface area contributed by atoms with Crippen LogP contribution in [0.1, 0.15) is 42.8 Å². The van der Waals surface area contributed by atoms with Crippen LogP contribution in [0, 0.1) is 5.92 Å². The maximum Gasteiger partial charge on any atom is 0.287 e. The van der Waals surface area contributed by atoms with E-state index < -0.39 is 11.9 Å². The molecule has 0 unspecified atom stereocenters. The van der Waals surface area contributed by atoms with Gasteiger partial charge >= 0.3 is 0 Å². The van der Waals surface area contributed by atoms with E-state index in [9.17, 15) is 14.4 Å². The van der Waals surface area contributed by atoms with Gasteiger partial charge in [0.15, 0.2) is 5.76 Å². The standard InChI is InChI=1S/C24H32N4O4/c1-15(2)21(24(31)25-3)27-23(30)20-11-10-19(32-20)17-8-5-7-16(13-17)14-26-22(29)18-9-6-12-28(18)4/h5,7-8,10-11,13,15,18,21H,6,9,12,14H2,1-4H3,(H,25,31)(H,26,29)(H,27,30)/t18-,21-/m0/s1. The van der Waals surface area contributed by atoms with Crippen LogP contribution in [0.25, 0.3) is 11.3 Å². The van der Waals surface area contributed by atoms with Crippen LogP contribution in [0.3, 0.4) is 0 Å². The molecule has 0 spiro atoms. The third-order valence-corrected chi connectivity index (χ3v) is 5.81. The van der Waals surface area contributed by atoms with Gasteiger partial charge in [0.1, 0.15) is 11.8 Å². The van der Waals surface area contributed by atoms with Crippen molar-refractivity contribution >= 4 is 17.7 Å². The molecule has 0 bridgehead atoms. The van der Waals surface area contributed by atoms with Gasteiger partial charge in [0.25, 0.3) is 5.91 Å². The number of hydrogen-bond acceptors (Lipinski definition) is 5. The zero-order chi connectivity index (χ0) is 23.3. The second-order valence-electron chi connectivity index (χ2n) is 8.53. The number of furan rings is 1. The molecule has 8 heteroatoms. The SMILES string of the molecule is CNC(=O)[C@@H](NC(=O)c1ccc(-c2cccc(CNC(=O)[C@@H]3CCCN3C)c2)o1)C(C)C. The third-order valence-electron chi connectivity index (χ3n) is 5.81. The van der Waals surface area contributed by atoms with Crippen molar-refractivity contribution in [3.8, 4) is 11.3 Å². The Morgan fingerprint density at radius 1 is 1.19 bits per heavy atom. The number of likely N-dealkylation sites (tertiary alicyclic amines) is 1. The summed E-state index contributed by atoms with van der Waals surface area (Å²) in [6.45, 7) is 5.10. The second kappa shape index (κ2) is 10.5. The van der Waals surface area contributed by atoms with Crippen molar-refractivity contribution in [3.63, 3.8) is 0 Å². The van der Waals surface area contributed by atoms with Crippen molar-refractivity contribution in [2.45, 2.75) is 45.3 Å². The number of amides is 3. The molecule has 2 aromatic rings. The third kappa shape index (κ3) is 5.56. The number of hydrogen-bond donors (Lipinski definition) is 3. The summed E-state index contributed by atoms with van der Waals surface area (Å²) in [4.78, 5) is 39.1. The first-order chi connectivity index (χ1) is 15.3. The molecule has 172 valence electrons. The molecule has 1 aromatic heterocycles. The second-order valence-corrected chi connectivity index (χ2v) is 8.53. The van der Waals surface area contributed by atoms with Crippen LogP contribution in [0.4, 0.5) is 0 Å². The molecule has 0 saturated carbocycles. The highest BCUT2D eigenvalue weighted by Crippen LogP contribution is 2.24. The van der Waals surface area contributed by atoms with Gasteiger partial charge in [-0.3, -0.25) is 19.3 Å². The van der Waals surface area contributed by atoms with Crippen LogP contribution in [-0.2, 0) is 16.1 Å². The van der Waals surface area contributed by atoms with Gasteiger partial charge in [0.2, 0.25) is 11.8 Å². The summed E-state index contributed by atoms with van der Waals surface area (Å²) in [5.41, 5.74) is 1.75. The van der Waals surface area contributed by atoms with Crippen LogP contribution in [0.15, 0.2) is 40.8 Å². The zero-order valence-corrected chi connectivity index (χ0v) is 19.1. The van der Waals surface area contributed by atoms with Gasteiger partial charge in [-0.15, -0.1) is 0 Å². The van der Waals surface area contributed by atoms with E-state index in [1.54, 1.807) is 12.1 Å². The molecular formula is C24H32N4O4. The lowest BCUT2D eigenvalue weighted by Crippen LogP contribution is -2.48. The van der Waals surface area contributed by atoms with E-state index in [1.807, 2.05) is 45.2 Å². The lowest BCUT2D eigenvalue weighted by Gasteiger charge is -2.19. The van der Waals surface area contributed by atoms with Gasteiger partial charge in [-0.25, -0.2) is 0 Å². The average molecular weight is 441 g/mol. The van der Waals surface area contributed by atoms with Crippen LogP contribution < -0.4 is 16.0 Å². The molecule has 2 atom stereocenters. The fourth-order valence-electron chi connectivity index (χ4n) is 3.90. The van der Waals surface area contributed by atoms with Crippen LogP contribution in [0.5, 0.6) is 0 Å². The molecule has 3 rings (SSSR count). The predicted molar refractivity (Wildman–Crippen MR) is 122 cm³/mol. The predicted octanol–water partition coefficient (Wildman–Crippen LogP) is 2.16. The van der Waals surface area contributed by atoms with Gasteiger partial charge < -0.3 is 20.4 Å². The monoisotopic (exact) mass is 440 g/mol. The van der Waals surface area contributed by atoms with Crippen LogP contribution in [-0.4, -0.2) is 55.3 Å². The van der Waals surface area contributed by atoms with Crippen molar-refractivity contribution in [1.29, 1.82) is 0 Å².